The van der Waals surface area contributed by atoms with Crippen molar-refractivity contribution in [1.29, 1.82) is 0 Å². The molecule has 12 aromatic rings. The summed E-state index contributed by atoms with van der Waals surface area (Å²) in [5, 5.41) is 12.1. The summed E-state index contributed by atoms with van der Waals surface area (Å²) in [4.78, 5) is 0. The van der Waals surface area contributed by atoms with E-state index < -0.39 is 0 Å². The van der Waals surface area contributed by atoms with Crippen molar-refractivity contribution >= 4 is 87.1 Å². The fourth-order valence-corrected chi connectivity index (χ4v) is 9.63. The van der Waals surface area contributed by atoms with Crippen molar-refractivity contribution in [2.75, 3.05) is 0 Å². The van der Waals surface area contributed by atoms with Gasteiger partial charge in [0.05, 0.1) is 27.5 Å². The highest BCUT2D eigenvalue weighted by Crippen LogP contribution is 2.50. The number of nitrogens with zero attached hydrogens (tertiary/aromatic N) is 2. The van der Waals surface area contributed by atoms with Gasteiger partial charge in [-0.2, -0.15) is 0 Å². The second-order valence-electron chi connectivity index (χ2n) is 14.5. The first-order chi connectivity index (χ1) is 26.3. The minimum atomic E-state index is 0.907. The second kappa shape index (κ2) is 9.81. The fraction of sp³-hybridized carbons (Fsp3) is 0. The Morgan fingerprint density at radius 2 is 0.962 bits per heavy atom. The SMILES string of the molecule is c1ccc2c(c1)-c1cccc3cc(-n4c5ccc6c7ccccc7oc6c5c5c6c7ccccc7n(-c7ccc8ccccc8c7)c6ccc54)cc-2c13. The van der Waals surface area contributed by atoms with E-state index in [1.54, 1.807) is 0 Å². The van der Waals surface area contributed by atoms with Crippen LogP contribution in [-0.4, -0.2) is 9.13 Å². The lowest BCUT2D eigenvalue weighted by molar-refractivity contribution is 0.673. The number of hydrogen-bond donors (Lipinski definition) is 0. The summed E-state index contributed by atoms with van der Waals surface area (Å²) in [6.07, 6.45) is 0. The fourth-order valence-electron chi connectivity index (χ4n) is 9.63. The molecule has 3 heteroatoms. The summed E-state index contributed by atoms with van der Waals surface area (Å²) in [5.41, 5.74) is 14.0. The molecule has 1 aliphatic carbocycles. The van der Waals surface area contributed by atoms with E-state index >= 15 is 0 Å². The molecule has 13 rings (SSSR count). The standard InChI is InChI=1S/C50H28N2O/c1-2-11-30-26-32(21-20-29(30)10-1)51-41-18-7-5-16-39(41)47-42(51)24-25-43-48(47)49-44(23-22-38-36-15-6-8-19-45(36)53-50(38)49)52(43)33-27-31-12-9-17-37-34-13-3-4-14-35(34)40(28-33)46(31)37/h1-28H. The van der Waals surface area contributed by atoms with Gasteiger partial charge in [-0.3, -0.25) is 0 Å². The number of rotatable bonds is 2. The molecule has 244 valence electrons. The third kappa shape index (κ3) is 3.49. The van der Waals surface area contributed by atoms with Crippen LogP contribution < -0.4 is 0 Å². The van der Waals surface area contributed by atoms with Crippen molar-refractivity contribution in [3.8, 4) is 33.6 Å². The molecule has 0 spiro atoms. The molecule has 0 unspecified atom stereocenters. The molecule has 0 N–H and O–H groups in total. The minimum Gasteiger partial charge on any atom is -0.455 e. The Morgan fingerprint density at radius 3 is 1.87 bits per heavy atom. The Hall–Kier alpha value is -7.10. The van der Waals surface area contributed by atoms with Crippen LogP contribution in [0.4, 0.5) is 0 Å². The van der Waals surface area contributed by atoms with Gasteiger partial charge in [0, 0.05) is 38.3 Å². The lowest BCUT2D eigenvalue weighted by Crippen LogP contribution is -1.95. The molecule has 0 amide bonds. The van der Waals surface area contributed by atoms with Gasteiger partial charge in [-0.15, -0.1) is 0 Å². The molecule has 0 bridgehead atoms. The number of aromatic nitrogens is 2. The number of furan rings is 1. The summed E-state index contributed by atoms with van der Waals surface area (Å²) in [6, 6.07) is 62.2. The van der Waals surface area contributed by atoms with Crippen molar-refractivity contribution < 1.29 is 4.42 Å². The van der Waals surface area contributed by atoms with Crippen LogP contribution in [0.25, 0.3) is 121 Å². The first-order valence-corrected chi connectivity index (χ1v) is 18.3. The minimum absolute atomic E-state index is 0.907. The maximum atomic E-state index is 6.87. The largest absolute Gasteiger partial charge is 0.455 e. The Kier molecular flexibility index (Phi) is 5.11. The average Bonchev–Trinajstić information content (AvgIpc) is 3.95. The van der Waals surface area contributed by atoms with E-state index in [1.807, 2.05) is 0 Å². The molecule has 9 aromatic carbocycles. The summed E-state index contributed by atoms with van der Waals surface area (Å²) in [7, 11) is 0. The van der Waals surface area contributed by atoms with E-state index in [0.717, 1.165) is 49.7 Å². The van der Waals surface area contributed by atoms with Crippen LogP contribution in [0.3, 0.4) is 0 Å². The number of benzene rings is 9. The highest BCUT2D eigenvalue weighted by atomic mass is 16.3. The predicted molar refractivity (Wildman–Crippen MR) is 222 cm³/mol. The maximum Gasteiger partial charge on any atom is 0.145 e. The smallest absolute Gasteiger partial charge is 0.145 e. The number of para-hydroxylation sites is 2. The number of fused-ring (bicyclic) bond motifs is 15. The highest BCUT2D eigenvalue weighted by Gasteiger charge is 2.26. The van der Waals surface area contributed by atoms with E-state index in [0.29, 0.717) is 0 Å². The number of hydrogen-bond acceptors (Lipinski definition) is 1. The molecule has 53 heavy (non-hydrogen) atoms. The third-order valence-electron chi connectivity index (χ3n) is 11.8. The summed E-state index contributed by atoms with van der Waals surface area (Å²) in [5.74, 6) is 0. The monoisotopic (exact) mass is 672 g/mol. The van der Waals surface area contributed by atoms with Gasteiger partial charge in [0.2, 0.25) is 0 Å². The second-order valence-corrected chi connectivity index (χ2v) is 14.5. The molecule has 0 saturated carbocycles. The molecular formula is C50H28N2O. The van der Waals surface area contributed by atoms with Gasteiger partial charge in [0.25, 0.3) is 0 Å². The highest BCUT2D eigenvalue weighted by molar-refractivity contribution is 6.34. The van der Waals surface area contributed by atoms with Gasteiger partial charge >= 0.3 is 0 Å². The Balaban J connectivity index is 1.22. The van der Waals surface area contributed by atoms with E-state index in [1.165, 1.54) is 71.0 Å². The van der Waals surface area contributed by atoms with Crippen molar-refractivity contribution in [2.24, 2.45) is 0 Å². The van der Waals surface area contributed by atoms with Gasteiger partial charge in [0.15, 0.2) is 0 Å². The Bertz CT molecular complexity index is 3570. The van der Waals surface area contributed by atoms with Crippen LogP contribution in [0, 0.1) is 0 Å². The first kappa shape index (κ1) is 27.6. The van der Waals surface area contributed by atoms with Crippen LogP contribution in [0.5, 0.6) is 0 Å². The van der Waals surface area contributed by atoms with Crippen LogP contribution in [0.2, 0.25) is 0 Å². The van der Waals surface area contributed by atoms with Crippen molar-refractivity contribution in [3.63, 3.8) is 0 Å². The zero-order chi connectivity index (χ0) is 34.4. The van der Waals surface area contributed by atoms with E-state index in [-0.39, 0.29) is 0 Å². The quantitative estimate of drug-likeness (QED) is 0.179. The molecule has 0 radical (unpaired) electrons. The lowest BCUT2D eigenvalue weighted by Gasteiger charge is -2.12. The van der Waals surface area contributed by atoms with E-state index in [9.17, 15) is 0 Å². The van der Waals surface area contributed by atoms with Gasteiger partial charge < -0.3 is 13.6 Å². The van der Waals surface area contributed by atoms with Crippen LogP contribution in [0.1, 0.15) is 0 Å². The van der Waals surface area contributed by atoms with Crippen LogP contribution in [-0.2, 0) is 0 Å². The van der Waals surface area contributed by atoms with Crippen LogP contribution in [0.15, 0.2) is 174 Å². The molecule has 1 aliphatic rings. The normalized spacial score (nSPS) is 12.5. The third-order valence-corrected chi connectivity index (χ3v) is 11.8. The zero-order valence-electron chi connectivity index (χ0n) is 28.5. The zero-order valence-corrected chi connectivity index (χ0v) is 28.5. The Morgan fingerprint density at radius 1 is 0.321 bits per heavy atom. The van der Waals surface area contributed by atoms with Crippen molar-refractivity contribution in [2.45, 2.75) is 0 Å². The average molecular weight is 673 g/mol. The molecule has 3 nitrogen and oxygen atoms in total. The molecule has 3 heterocycles. The summed E-state index contributed by atoms with van der Waals surface area (Å²) < 4.78 is 11.8. The van der Waals surface area contributed by atoms with E-state index in [4.69, 9.17) is 4.42 Å². The van der Waals surface area contributed by atoms with Gasteiger partial charge in [-0.1, -0.05) is 109 Å². The summed E-state index contributed by atoms with van der Waals surface area (Å²) >= 11 is 0. The molecule has 0 fully saturated rings. The predicted octanol–water partition coefficient (Wildman–Crippen LogP) is 13.7. The van der Waals surface area contributed by atoms with Crippen molar-refractivity contribution in [1.82, 2.24) is 9.13 Å². The van der Waals surface area contributed by atoms with Gasteiger partial charge in [-0.25, -0.2) is 0 Å². The van der Waals surface area contributed by atoms with Crippen molar-refractivity contribution in [3.05, 3.63) is 170 Å². The van der Waals surface area contributed by atoms with E-state index in [2.05, 4.69) is 179 Å². The topological polar surface area (TPSA) is 23.0 Å². The maximum absolute atomic E-state index is 6.87. The molecule has 0 atom stereocenters. The van der Waals surface area contributed by atoms with Gasteiger partial charge in [-0.05, 0) is 104 Å². The molecule has 0 saturated heterocycles. The van der Waals surface area contributed by atoms with Crippen LogP contribution >= 0.6 is 0 Å². The molecule has 0 aliphatic heterocycles. The molecule has 3 aromatic heterocycles. The summed E-state index contributed by atoms with van der Waals surface area (Å²) in [6.45, 7) is 0. The van der Waals surface area contributed by atoms with Gasteiger partial charge in [0.1, 0.15) is 11.2 Å². The first-order valence-electron chi connectivity index (χ1n) is 18.3. The lowest BCUT2D eigenvalue weighted by atomic mass is 10.0. The Labute approximate surface area is 303 Å². The molecular weight excluding hydrogens is 645 g/mol.